The molecule has 1 aliphatic rings. The van der Waals surface area contributed by atoms with Crippen LogP contribution in [0.2, 0.25) is 0 Å². The summed E-state index contributed by atoms with van der Waals surface area (Å²) < 4.78 is 15.3. The first-order valence-electron chi connectivity index (χ1n) is 10.8. The largest absolute Gasteiger partial charge is 0.491 e. The van der Waals surface area contributed by atoms with Gasteiger partial charge in [-0.1, -0.05) is 6.07 Å². The quantitative estimate of drug-likeness (QED) is 0.441. The minimum absolute atomic E-state index is 0.00331. The number of aromatic nitrogens is 4. The number of rotatable bonds is 6. The summed E-state index contributed by atoms with van der Waals surface area (Å²) in [6, 6.07) is 9.53. The standard InChI is InChI=1S/C24H26N4O3/c1-16(2)31-23-13-24-25-21(17-6-9-30-10-7-17)15-27(24)14-18(23)11-22(29)20-12-19-5-3-4-8-28(19)26-20/h3-5,8,12-17H,6-7,9-11H2,1-2H3. The molecule has 160 valence electrons. The molecule has 0 bridgehead atoms. The summed E-state index contributed by atoms with van der Waals surface area (Å²) in [5.74, 6) is 1.07. The van der Waals surface area contributed by atoms with E-state index in [0.717, 1.165) is 48.5 Å². The SMILES string of the molecule is CC(C)Oc1cc2nc(C3CCOCC3)cn2cc1CC(=O)c1cc2ccccn2n1. The van der Waals surface area contributed by atoms with E-state index in [1.807, 2.05) is 61.0 Å². The molecule has 4 aromatic rings. The topological polar surface area (TPSA) is 70.1 Å². The van der Waals surface area contributed by atoms with Gasteiger partial charge in [-0.15, -0.1) is 0 Å². The fraction of sp³-hybridized carbons (Fsp3) is 0.375. The van der Waals surface area contributed by atoms with Gasteiger partial charge in [0.05, 0.1) is 17.3 Å². The van der Waals surface area contributed by atoms with Crippen LogP contribution in [0.1, 0.15) is 54.4 Å². The van der Waals surface area contributed by atoms with Gasteiger partial charge in [-0.25, -0.2) is 9.50 Å². The molecular formula is C24H26N4O3. The first kappa shape index (κ1) is 19.8. The number of fused-ring (bicyclic) bond motifs is 2. The van der Waals surface area contributed by atoms with Gasteiger partial charge in [-0.05, 0) is 44.9 Å². The van der Waals surface area contributed by atoms with Crippen molar-refractivity contribution in [2.75, 3.05) is 13.2 Å². The van der Waals surface area contributed by atoms with Crippen LogP contribution in [0.15, 0.2) is 48.9 Å². The van der Waals surface area contributed by atoms with E-state index in [1.54, 1.807) is 4.52 Å². The van der Waals surface area contributed by atoms with E-state index < -0.39 is 0 Å². The van der Waals surface area contributed by atoms with Crippen molar-refractivity contribution in [1.29, 1.82) is 0 Å². The summed E-state index contributed by atoms with van der Waals surface area (Å²) in [6.07, 6.45) is 8.06. The molecule has 1 fully saturated rings. The van der Waals surface area contributed by atoms with Crippen molar-refractivity contribution in [3.05, 3.63) is 65.9 Å². The number of Topliss-reactive ketones (excluding diaryl/α,β-unsaturated/α-hetero) is 1. The second-order valence-electron chi connectivity index (χ2n) is 8.35. The first-order valence-corrected chi connectivity index (χ1v) is 10.8. The summed E-state index contributed by atoms with van der Waals surface area (Å²) >= 11 is 0. The molecule has 1 aliphatic heterocycles. The molecule has 0 saturated carbocycles. The van der Waals surface area contributed by atoms with E-state index in [-0.39, 0.29) is 18.3 Å². The highest BCUT2D eigenvalue weighted by atomic mass is 16.5. The van der Waals surface area contributed by atoms with Crippen molar-refractivity contribution >= 4 is 16.9 Å². The number of carbonyl (C=O) groups excluding carboxylic acids is 1. The zero-order chi connectivity index (χ0) is 21.4. The van der Waals surface area contributed by atoms with Crippen molar-refractivity contribution in [3.63, 3.8) is 0 Å². The van der Waals surface area contributed by atoms with Crippen molar-refractivity contribution in [2.24, 2.45) is 0 Å². The molecule has 0 amide bonds. The fourth-order valence-electron chi connectivity index (χ4n) is 4.10. The highest BCUT2D eigenvalue weighted by Gasteiger charge is 2.21. The molecule has 5 rings (SSSR count). The van der Waals surface area contributed by atoms with Gasteiger partial charge in [0.25, 0.3) is 0 Å². The molecule has 0 radical (unpaired) electrons. The summed E-state index contributed by atoms with van der Waals surface area (Å²) in [5, 5.41) is 4.42. The van der Waals surface area contributed by atoms with Gasteiger partial charge in [0, 0.05) is 55.8 Å². The highest BCUT2D eigenvalue weighted by Crippen LogP contribution is 2.29. The molecule has 7 heteroatoms. The van der Waals surface area contributed by atoms with Crippen molar-refractivity contribution in [1.82, 2.24) is 19.0 Å². The molecule has 7 nitrogen and oxygen atoms in total. The molecule has 0 aromatic carbocycles. The lowest BCUT2D eigenvalue weighted by atomic mass is 9.97. The Hall–Kier alpha value is -3.19. The number of ether oxygens (including phenoxy) is 2. The lowest BCUT2D eigenvalue weighted by Gasteiger charge is -2.19. The van der Waals surface area contributed by atoms with Gasteiger partial charge >= 0.3 is 0 Å². The zero-order valence-electron chi connectivity index (χ0n) is 17.8. The first-order chi connectivity index (χ1) is 15.1. The maximum atomic E-state index is 13.0. The summed E-state index contributed by atoms with van der Waals surface area (Å²) in [7, 11) is 0. The summed E-state index contributed by atoms with van der Waals surface area (Å²) in [5.41, 5.74) is 4.09. The lowest BCUT2D eigenvalue weighted by Crippen LogP contribution is -2.14. The Morgan fingerprint density at radius 2 is 2.06 bits per heavy atom. The third kappa shape index (κ3) is 4.05. The molecule has 0 aliphatic carbocycles. The predicted molar refractivity (Wildman–Crippen MR) is 117 cm³/mol. The van der Waals surface area contributed by atoms with E-state index in [4.69, 9.17) is 14.5 Å². The van der Waals surface area contributed by atoms with Gasteiger partial charge in [0.1, 0.15) is 17.1 Å². The van der Waals surface area contributed by atoms with Crippen LogP contribution in [-0.4, -0.2) is 44.1 Å². The Kier molecular flexibility index (Phi) is 5.19. The number of nitrogens with zero attached hydrogens (tertiary/aromatic N) is 4. The van der Waals surface area contributed by atoms with Crippen LogP contribution in [0.3, 0.4) is 0 Å². The van der Waals surface area contributed by atoms with Gasteiger partial charge < -0.3 is 13.9 Å². The third-order valence-electron chi connectivity index (χ3n) is 5.66. The Balaban J connectivity index is 1.48. The molecule has 31 heavy (non-hydrogen) atoms. The Labute approximate surface area is 180 Å². The maximum Gasteiger partial charge on any atom is 0.187 e. The molecule has 0 N–H and O–H groups in total. The van der Waals surface area contributed by atoms with Gasteiger partial charge in [-0.3, -0.25) is 4.79 Å². The Morgan fingerprint density at radius 1 is 1.23 bits per heavy atom. The fourth-order valence-corrected chi connectivity index (χ4v) is 4.10. The normalized spacial score (nSPS) is 15.2. The van der Waals surface area contributed by atoms with Crippen LogP contribution < -0.4 is 4.74 Å². The van der Waals surface area contributed by atoms with Gasteiger partial charge in [0.15, 0.2) is 5.78 Å². The van der Waals surface area contributed by atoms with Gasteiger partial charge in [0.2, 0.25) is 0 Å². The molecule has 5 heterocycles. The Bertz CT molecular complexity index is 1200. The minimum Gasteiger partial charge on any atom is -0.491 e. The number of hydrogen-bond acceptors (Lipinski definition) is 5. The maximum absolute atomic E-state index is 13.0. The van der Waals surface area contributed by atoms with Crippen LogP contribution in [-0.2, 0) is 11.2 Å². The monoisotopic (exact) mass is 418 g/mol. The van der Waals surface area contributed by atoms with Crippen molar-refractivity contribution in [3.8, 4) is 5.75 Å². The number of ketones is 1. The summed E-state index contributed by atoms with van der Waals surface area (Å²) in [4.78, 5) is 17.9. The van der Waals surface area contributed by atoms with E-state index in [9.17, 15) is 4.79 Å². The molecule has 0 atom stereocenters. The smallest absolute Gasteiger partial charge is 0.187 e. The van der Waals surface area contributed by atoms with Crippen molar-refractivity contribution in [2.45, 2.75) is 45.1 Å². The molecular weight excluding hydrogens is 392 g/mol. The predicted octanol–water partition coefficient (Wildman–Crippen LogP) is 4.09. The second kappa shape index (κ2) is 8.15. The van der Waals surface area contributed by atoms with E-state index in [1.165, 1.54) is 0 Å². The second-order valence-corrected chi connectivity index (χ2v) is 8.35. The zero-order valence-corrected chi connectivity index (χ0v) is 17.8. The lowest BCUT2D eigenvalue weighted by molar-refractivity contribution is 0.0846. The average molecular weight is 418 g/mol. The molecule has 0 spiro atoms. The van der Waals surface area contributed by atoms with Crippen LogP contribution >= 0.6 is 0 Å². The number of imidazole rings is 1. The molecule has 1 saturated heterocycles. The number of carbonyl (C=O) groups is 1. The number of pyridine rings is 2. The van der Waals surface area contributed by atoms with E-state index in [2.05, 4.69) is 11.3 Å². The van der Waals surface area contributed by atoms with Crippen LogP contribution in [0.4, 0.5) is 0 Å². The third-order valence-corrected chi connectivity index (χ3v) is 5.66. The molecule has 4 aromatic heterocycles. The van der Waals surface area contributed by atoms with E-state index in [0.29, 0.717) is 17.4 Å². The Morgan fingerprint density at radius 3 is 2.84 bits per heavy atom. The van der Waals surface area contributed by atoms with E-state index >= 15 is 0 Å². The number of hydrogen-bond donors (Lipinski definition) is 0. The average Bonchev–Trinajstić information content (AvgIpc) is 3.38. The van der Waals surface area contributed by atoms with Crippen LogP contribution in [0, 0.1) is 0 Å². The van der Waals surface area contributed by atoms with Crippen LogP contribution in [0.5, 0.6) is 5.75 Å². The van der Waals surface area contributed by atoms with Gasteiger partial charge in [-0.2, -0.15) is 5.10 Å². The molecule has 0 unspecified atom stereocenters. The highest BCUT2D eigenvalue weighted by molar-refractivity contribution is 5.97. The minimum atomic E-state index is -0.0403. The summed E-state index contributed by atoms with van der Waals surface area (Å²) in [6.45, 7) is 5.52. The van der Waals surface area contributed by atoms with Crippen LogP contribution in [0.25, 0.3) is 11.2 Å². The van der Waals surface area contributed by atoms with Crippen molar-refractivity contribution < 1.29 is 14.3 Å².